The number of ether oxygens (including phenoxy) is 3. The molecule has 0 aliphatic rings. The number of ketones is 1. The van der Waals surface area contributed by atoms with E-state index in [0.717, 1.165) is 0 Å². The predicted molar refractivity (Wildman–Crippen MR) is 61.4 cm³/mol. The molecule has 0 amide bonds. The van der Waals surface area contributed by atoms with Gasteiger partial charge in [-0.3, -0.25) is 4.79 Å². The summed E-state index contributed by atoms with van der Waals surface area (Å²) in [7, 11) is 1.58. The quantitative estimate of drug-likeness (QED) is 0.445. The molecule has 94 valence electrons. The van der Waals surface area contributed by atoms with E-state index in [2.05, 4.69) is 0 Å². The van der Waals surface area contributed by atoms with Gasteiger partial charge >= 0.3 is 0 Å². The highest BCUT2D eigenvalue weighted by atomic mass is 16.7. The van der Waals surface area contributed by atoms with Crippen LogP contribution in [0.15, 0.2) is 18.2 Å². The summed E-state index contributed by atoms with van der Waals surface area (Å²) in [5, 5.41) is 9.31. The third kappa shape index (κ3) is 4.42. The molecule has 0 atom stereocenters. The van der Waals surface area contributed by atoms with E-state index in [1.165, 1.54) is 25.1 Å². The fraction of sp³-hybridized carbons (Fsp3) is 0.417. The van der Waals surface area contributed by atoms with Gasteiger partial charge in [-0.15, -0.1) is 0 Å². The van der Waals surface area contributed by atoms with Gasteiger partial charge in [0.15, 0.2) is 12.6 Å². The molecule has 1 aromatic carbocycles. The molecule has 1 aromatic rings. The minimum atomic E-state index is -0.128. The van der Waals surface area contributed by atoms with Crippen LogP contribution in [-0.4, -0.2) is 38.0 Å². The SMILES string of the molecule is COCCOCOc1cc(O)ccc1C(C)=O. The monoisotopic (exact) mass is 240 g/mol. The van der Waals surface area contributed by atoms with E-state index in [4.69, 9.17) is 14.2 Å². The summed E-state index contributed by atoms with van der Waals surface area (Å²) in [4.78, 5) is 11.3. The first kappa shape index (κ1) is 13.5. The molecule has 0 saturated heterocycles. The van der Waals surface area contributed by atoms with Crippen LogP contribution >= 0.6 is 0 Å². The van der Waals surface area contributed by atoms with Crippen molar-refractivity contribution in [3.05, 3.63) is 23.8 Å². The lowest BCUT2D eigenvalue weighted by Gasteiger charge is -2.10. The maximum Gasteiger partial charge on any atom is 0.189 e. The van der Waals surface area contributed by atoms with Gasteiger partial charge < -0.3 is 19.3 Å². The third-order valence-corrected chi connectivity index (χ3v) is 2.07. The summed E-state index contributed by atoms with van der Waals surface area (Å²) in [6.45, 7) is 2.33. The molecule has 17 heavy (non-hydrogen) atoms. The molecule has 0 aliphatic carbocycles. The zero-order chi connectivity index (χ0) is 12.7. The smallest absolute Gasteiger partial charge is 0.189 e. The van der Waals surface area contributed by atoms with Crippen LogP contribution in [0.1, 0.15) is 17.3 Å². The highest BCUT2D eigenvalue weighted by molar-refractivity contribution is 5.97. The molecule has 0 spiro atoms. The summed E-state index contributed by atoms with van der Waals surface area (Å²) in [6.07, 6.45) is 0. The highest BCUT2D eigenvalue weighted by Crippen LogP contribution is 2.24. The number of Topliss-reactive ketones (excluding diaryl/α,β-unsaturated/α-hetero) is 1. The van der Waals surface area contributed by atoms with E-state index in [1.54, 1.807) is 7.11 Å². The molecule has 0 fully saturated rings. The molecule has 0 heterocycles. The van der Waals surface area contributed by atoms with Crippen molar-refractivity contribution >= 4 is 5.78 Å². The molecule has 0 unspecified atom stereocenters. The minimum Gasteiger partial charge on any atom is -0.508 e. The molecule has 1 N–H and O–H groups in total. The first-order valence-electron chi connectivity index (χ1n) is 5.18. The van der Waals surface area contributed by atoms with Gasteiger partial charge in [-0.2, -0.15) is 0 Å². The zero-order valence-electron chi connectivity index (χ0n) is 9.93. The Bertz CT molecular complexity index is 375. The number of rotatable bonds is 7. The van der Waals surface area contributed by atoms with E-state index < -0.39 is 0 Å². The Kier molecular flexibility index (Phi) is 5.45. The molecular formula is C12H16O5. The topological polar surface area (TPSA) is 65.0 Å². The number of hydrogen-bond acceptors (Lipinski definition) is 5. The zero-order valence-corrected chi connectivity index (χ0v) is 9.93. The second-order valence-electron chi connectivity index (χ2n) is 3.40. The van der Waals surface area contributed by atoms with Crippen molar-refractivity contribution < 1.29 is 24.1 Å². The Hall–Kier alpha value is -1.59. The fourth-order valence-corrected chi connectivity index (χ4v) is 1.23. The lowest BCUT2D eigenvalue weighted by molar-refractivity contribution is -0.00879. The first-order chi connectivity index (χ1) is 8.15. The lowest BCUT2D eigenvalue weighted by Crippen LogP contribution is -2.09. The van der Waals surface area contributed by atoms with Gasteiger partial charge in [0, 0.05) is 13.2 Å². The maximum absolute atomic E-state index is 11.3. The number of benzene rings is 1. The standard InChI is InChI=1S/C12H16O5/c1-9(13)11-4-3-10(14)7-12(11)17-8-16-6-5-15-2/h3-4,7,14H,5-6,8H2,1-2H3. The Morgan fingerprint density at radius 2 is 2.12 bits per heavy atom. The molecule has 5 nitrogen and oxygen atoms in total. The molecule has 5 heteroatoms. The van der Waals surface area contributed by atoms with E-state index >= 15 is 0 Å². The van der Waals surface area contributed by atoms with Crippen molar-refractivity contribution in [2.75, 3.05) is 27.1 Å². The molecular weight excluding hydrogens is 224 g/mol. The molecule has 0 bridgehead atoms. The van der Waals surface area contributed by atoms with Crippen LogP contribution in [0.5, 0.6) is 11.5 Å². The second-order valence-corrected chi connectivity index (χ2v) is 3.40. The van der Waals surface area contributed by atoms with E-state index in [1.807, 2.05) is 0 Å². The Morgan fingerprint density at radius 3 is 2.76 bits per heavy atom. The van der Waals surface area contributed by atoms with E-state index in [0.29, 0.717) is 24.5 Å². The summed E-state index contributed by atoms with van der Waals surface area (Å²) < 4.78 is 15.2. The van der Waals surface area contributed by atoms with Crippen molar-refractivity contribution in [3.8, 4) is 11.5 Å². The normalized spacial score (nSPS) is 10.2. The third-order valence-electron chi connectivity index (χ3n) is 2.07. The van der Waals surface area contributed by atoms with Crippen molar-refractivity contribution in [2.45, 2.75) is 6.92 Å². The Labute approximate surface area is 99.9 Å². The molecule has 1 rings (SSSR count). The molecule has 0 radical (unpaired) electrons. The number of carbonyl (C=O) groups excluding carboxylic acids is 1. The van der Waals surface area contributed by atoms with Gasteiger partial charge in [0.25, 0.3) is 0 Å². The Balaban J connectivity index is 2.56. The van der Waals surface area contributed by atoms with E-state index in [-0.39, 0.29) is 18.3 Å². The molecule has 0 aromatic heterocycles. The van der Waals surface area contributed by atoms with Crippen molar-refractivity contribution in [1.29, 1.82) is 0 Å². The van der Waals surface area contributed by atoms with Crippen LogP contribution in [0.3, 0.4) is 0 Å². The van der Waals surface area contributed by atoms with Crippen molar-refractivity contribution in [1.82, 2.24) is 0 Å². The Morgan fingerprint density at radius 1 is 1.35 bits per heavy atom. The molecule has 0 aliphatic heterocycles. The van der Waals surface area contributed by atoms with E-state index in [9.17, 15) is 9.90 Å². The minimum absolute atomic E-state index is 0.00704. The van der Waals surface area contributed by atoms with Gasteiger partial charge in [-0.25, -0.2) is 0 Å². The second kappa shape index (κ2) is 6.88. The summed E-state index contributed by atoms with van der Waals surface area (Å²) >= 11 is 0. The van der Waals surface area contributed by atoms with Crippen molar-refractivity contribution in [2.24, 2.45) is 0 Å². The number of carbonyl (C=O) groups is 1. The van der Waals surface area contributed by atoms with Gasteiger partial charge in [-0.05, 0) is 19.1 Å². The van der Waals surface area contributed by atoms with Gasteiger partial charge in [0.1, 0.15) is 11.5 Å². The van der Waals surface area contributed by atoms with Gasteiger partial charge in [0.05, 0.1) is 18.8 Å². The maximum atomic E-state index is 11.3. The number of aromatic hydroxyl groups is 1. The van der Waals surface area contributed by atoms with Crippen LogP contribution in [0, 0.1) is 0 Å². The molecule has 0 saturated carbocycles. The lowest BCUT2D eigenvalue weighted by atomic mass is 10.1. The van der Waals surface area contributed by atoms with Crippen LogP contribution in [0.25, 0.3) is 0 Å². The van der Waals surface area contributed by atoms with Crippen LogP contribution in [0.4, 0.5) is 0 Å². The largest absolute Gasteiger partial charge is 0.508 e. The number of methoxy groups -OCH3 is 1. The first-order valence-corrected chi connectivity index (χ1v) is 5.18. The van der Waals surface area contributed by atoms with Crippen molar-refractivity contribution in [3.63, 3.8) is 0 Å². The van der Waals surface area contributed by atoms with Crippen LogP contribution in [0.2, 0.25) is 0 Å². The average Bonchev–Trinajstić information content (AvgIpc) is 2.28. The number of phenols is 1. The predicted octanol–water partition coefficient (Wildman–Crippen LogP) is 1.59. The fourth-order valence-electron chi connectivity index (χ4n) is 1.23. The summed E-state index contributed by atoms with van der Waals surface area (Å²) in [5.74, 6) is 0.230. The number of phenolic OH excluding ortho intramolecular Hbond substituents is 1. The highest BCUT2D eigenvalue weighted by Gasteiger charge is 2.09. The van der Waals surface area contributed by atoms with Gasteiger partial charge in [0.2, 0.25) is 0 Å². The summed E-state index contributed by atoms with van der Waals surface area (Å²) in [5.41, 5.74) is 0.415. The van der Waals surface area contributed by atoms with Crippen LogP contribution in [-0.2, 0) is 9.47 Å². The van der Waals surface area contributed by atoms with Crippen LogP contribution < -0.4 is 4.74 Å². The average molecular weight is 240 g/mol. The van der Waals surface area contributed by atoms with Gasteiger partial charge in [-0.1, -0.05) is 0 Å². The number of hydrogen-bond donors (Lipinski definition) is 1. The summed E-state index contributed by atoms with van der Waals surface area (Å²) in [6, 6.07) is 4.34.